The lowest BCUT2D eigenvalue weighted by atomic mass is 9.95. The van der Waals surface area contributed by atoms with Gasteiger partial charge < -0.3 is 0 Å². The number of halogens is 6. The molecule has 0 saturated heterocycles. The zero-order valence-corrected chi connectivity index (χ0v) is 26.9. The predicted molar refractivity (Wildman–Crippen MR) is 171 cm³/mol. The number of aromatic nitrogens is 9. The summed E-state index contributed by atoms with van der Waals surface area (Å²) >= 11 is 0. The van der Waals surface area contributed by atoms with Crippen LogP contribution in [0.2, 0.25) is 0 Å². The van der Waals surface area contributed by atoms with Crippen LogP contribution in [0.3, 0.4) is 0 Å². The molecule has 4 heterocycles. The molecule has 0 bridgehead atoms. The molecule has 0 fully saturated rings. The van der Waals surface area contributed by atoms with Crippen molar-refractivity contribution in [1.82, 2.24) is 44.3 Å². The molecule has 0 unspecified atom stereocenters. The lowest BCUT2D eigenvalue weighted by Crippen LogP contribution is -2.11. The van der Waals surface area contributed by atoms with Crippen LogP contribution in [0.4, 0.5) is 26.3 Å². The molecule has 9 nitrogen and oxygen atoms in total. The minimum atomic E-state index is -4.42. The average molecular weight is 694 g/mol. The van der Waals surface area contributed by atoms with Gasteiger partial charge in [0.1, 0.15) is 0 Å². The van der Waals surface area contributed by atoms with Crippen molar-refractivity contribution in [3.8, 4) is 11.4 Å². The lowest BCUT2D eigenvalue weighted by molar-refractivity contribution is -0.142. The van der Waals surface area contributed by atoms with Crippen molar-refractivity contribution in [3.63, 3.8) is 0 Å². The van der Waals surface area contributed by atoms with Crippen LogP contribution in [-0.2, 0) is 51.1 Å². The summed E-state index contributed by atoms with van der Waals surface area (Å²) in [6, 6.07) is 16.7. The average Bonchev–Trinajstić information content (AvgIpc) is 3.92. The summed E-state index contributed by atoms with van der Waals surface area (Å²) in [5.74, 6) is 0. The second kappa shape index (κ2) is 13.6. The van der Waals surface area contributed by atoms with Gasteiger partial charge >= 0.3 is 12.4 Å². The van der Waals surface area contributed by atoms with E-state index >= 15 is 0 Å². The molecule has 8 rings (SSSR count). The standard InChI is InChI=1S/C18H17F3N4.C17H16F3N5/c19-18(20,21)17-15-4-1-2-5-16(15)25(23-17)14-8-6-13(7-9-14)12-24-11-3-10-22-24;18-17(19,20)16-14-3-1-2-4-15(14)25(22-16)13-7-5-12(6-8-13)11-24-10-9-21-23-24/h3,6-11H,1-2,4-5,12H2;5-10H,1-4,11H2. The van der Waals surface area contributed by atoms with Gasteiger partial charge in [-0.2, -0.15) is 41.6 Å². The maximum Gasteiger partial charge on any atom is 0.435 e. The van der Waals surface area contributed by atoms with Crippen LogP contribution in [0.5, 0.6) is 0 Å². The summed E-state index contributed by atoms with van der Waals surface area (Å²) in [4.78, 5) is 0. The topological polar surface area (TPSA) is 84.2 Å². The Morgan fingerprint density at radius 1 is 0.560 bits per heavy atom. The van der Waals surface area contributed by atoms with Crippen molar-refractivity contribution in [2.24, 2.45) is 0 Å². The van der Waals surface area contributed by atoms with E-state index < -0.39 is 23.7 Å². The Balaban J connectivity index is 0.000000157. The van der Waals surface area contributed by atoms with E-state index in [-0.39, 0.29) is 0 Å². The van der Waals surface area contributed by atoms with E-state index in [1.165, 1.54) is 9.36 Å². The molecule has 0 saturated carbocycles. The van der Waals surface area contributed by atoms with E-state index in [2.05, 4.69) is 25.6 Å². The number of nitrogens with zero attached hydrogens (tertiary/aromatic N) is 9. The fourth-order valence-corrected chi connectivity index (χ4v) is 6.65. The number of rotatable bonds is 6. The first kappa shape index (κ1) is 33.3. The molecule has 15 heteroatoms. The molecule has 0 radical (unpaired) electrons. The summed E-state index contributed by atoms with van der Waals surface area (Å²) in [5, 5.41) is 19.6. The normalized spacial score (nSPS) is 14.5. The monoisotopic (exact) mass is 693 g/mol. The Morgan fingerprint density at radius 2 is 1.04 bits per heavy atom. The molecule has 0 spiro atoms. The molecule has 2 aliphatic carbocycles. The highest BCUT2D eigenvalue weighted by Crippen LogP contribution is 2.38. The molecule has 6 aromatic rings. The van der Waals surface area contributed by atoms with Crippen molar-refractivity contribution in [2.75, 3.05) is 0 Å². The van der Waals surface area contributed by atoms with Crippen LogP contribution in [0.25, 0.3) is 11.4 Å². The quantitative estimate of drug-likeness (QED) is 0.170. The van der Waals surface area contributed by atoms with Gasteiger partial charge in [0.25, 0.3) is 0 Å². The van der Waals surface area contributed by atoms with E-state index in [9.17, 15) is 26.3 Å². The number of alkyl halides is 6. The molecule has 4 aromatic heterocycles. The molecule has 0 amide bonds. The zero-order chi connectivity index (χ0) is 34.9. The van der Waals surface area contributed by atoms with Crippen LogP contribution in [0, 0.1) is 0 Å². The van der Waals surface area contributed by atoms with E-state index in [0.717, 1.165) is 36.8 Å². The Morgan fingerprint density at radius 3 is 1.46 bits per heavy atom. The van der Waals surface area contributed by atoms with Crippen molar-refractivity contribution in [3.05, 3.63) is 124 Å². The van der Waals surface area contributed by atoms with Gasteiger partial charge in [-0.05, 0) is 92.8 Å². The predicted octanol–water partition coefficient (Wildman–Crippen LogP) is 7.42. The first-order valence-corrected chi connectivity index (χ1v) is 16.4. The zero-order valence-electron chi connectivity index (χ0n) is 26.9. The summed E-state index contributed by atoms with van der Waals surface area (Å²) in [7, 11) is 0. The number of fused-ring (bicyclic) bond motifs is 2. The molecule has 0 N–H and O–H groups in total. The number of hydrogen-bond acceptors (Lipinski definition) is 5. The van der Waals surface area contributed by atoms with Gasteiger partial charge in [0, 0.05) is 41.1 Å². The van der Waals surface area contributed by atoms with Crippen molar-refractivity contribution >= 4 is 0 Å². The van der Waals surface area contributed by atoms with Crippen LogP contribution in [0.1, 0.15) is 70.7 Å². The van der Waals surface area contributed by atoms with E-state index in [1.807, 2.05) is 48.7 Å². The minimum Gasteiger partial charge on any atom is -0.268 e. The van der Waals surface area contributed by atoms with E-state index in [4.69, 9.17) is 0 Å². The summed E-state index contributed by atoms with van der Waals surface area (Å²) in [6.45, 7) is 1.18. The third kappa shape index (κ3) is 7.07. The first-order chi connectivity index (χ1) is 24.0. The van der Waals surface area contributed by atoms with Crippen molar-refractivity contribution in [2.45, 2.75) is 76.8 Å². The van der Waals surface area contributed by atoms with Gasteiger partial charge in [-0.1, -0.05) is 29.5 Å². The summed E-state index contributed by atoms with van der Waals surface area (Å²) in [6.07, 6.45) is 3.60. The summed E-state index contributed by atoms with van der Waals surface area (Å²) < 4.78 is 86.2. The molecule has 260 valence electrons. The number of hydrogen-bond donors (Lipinski definition) is 0. The van der Waals surface area contributed by atoms with Gasteiger partial charge in [0.15, 0.2) is 11.4 Å². The van der Waals surface area contributed by atoms with Gasteiger partial charge in [-0.25, -0.2) is 14.0 Å². The molecule has 2 aliphatic rings. The van der Waals surface area contributed by atoms with Crippen LogP contribution in [0.15, 0.2) is 79.4 Å². The third-order valence-corrected chi connectivity index (χ3v) is 8.98. The Labute approximate surface area is 283 Å². The van der Waals surface area contributed by atoms with Crippen molar-refractivity contribution in [1.29, 1.82) is 0 Å². The highest BCUT2D eigenvalue weighted by molar-refractivity contribution is 5.42. The van der Waals surface area contributed by atoms with Crippen LogP contribution >= 0.6 is 0 Å². The maximum absolute atomic E-state index is 13.3. The Bertz CT molecular complexity index is 1870. The number of benzene rings is 2. The lowest BCUT2D eigenvalue weighted by Gasteiger charge is -2.15. The minimum absolute atomic E-state index is 0.352. The third-order valence-electron chi connectivity index (χ3n) is 8.98. The Hall–Kier alpha value is -5.21. The van der Waals surface area contributed by atoms with Gasteiger partial charge in [0.2, 0.25) is 0 Å². The van der Waals surface area contributed by atoms with Gasteiger partial charge in [0.05, 0.1) is 30.7 Å². The van der Waals surface area contributed by atoms with Crippen LogP contribution in [-0.4, -0.2) is 44.3 Å². The second-order valence-electron chi connectivity index (χ2n) is 12.4. The first-order valence-electron chi connectivity index (χ1n) is 16.4. The van der Waals surface area contributed by atoms with Crippen molar-refractivity contribution < 1.29 is 26.3 Å². The smallest absolute Gasteiger partial charge is 0.268 e. The SMILES string of the molecule is FC(F)(F)c1nn(-c2ccc(Cn3cccn3)cc2)c2c1CCCC2.FC(F)(F)c1nn(-c2ccc(Cn3ccnn3)cc2)c2c1CCCC2. The largest absolute Gasteiger partial charge is 0.435 e. The fraction of sp³-hybridized carbons (Fsp3) is 0.343. The van der Waals surface area contributed by atoms with Crippen LogP contribution < -0.4 is 0 Å². The highest BCUT2D eigenvalue weighted by Gasteiger charge is 2.40. The van der Waals surface area contributed by atoms with Gasteiger partial charge in [-0.3, -0.25) is 4.68 Å². The molecule has 2 aromatic carbocycles. The Kier molecular flexibility index (Phi) is 9.05. The second-order valence-corrected chi connectivity index (χ2v) is 12.4. The van der Waals surface area contributed by atoms with E-state index in [0.29, 0.717) is 72.7 Å². The summed E-state index contributed by atoms with van der Waals surface area (Å²) in [5.41, 5.74) is 3.95. The fourth-order valence-electron chi connectivity index (χ4n) is 6.65. The molecule has 0 atom stereocenters. The molecule has 50 heavy (non-hydrogen) atoms. The maximum atomic E-state index is 13.3. The highest BCUT2D eigenvalue weighted by atomic mass is 19.4. The molecular formula is C35H33F6N9. The molecule has 0 aliphatic heterocycles. The van der Waals surface area contributed by atoms with E-state index in [1.54, 1.807) is 40.1 Å². The molecular weight excluding hydrogens is 660 g/mol. The van der Waals surface area contributed by atoms with Gasteiger partial charge in [-0.15, -0.1) is 5.10 Å².